The Hall–Kier alpha value is -4.72. The molecule has 0 spiro atoms. The number of aryl methyl sites for hydroxylation is 1. The second kappa shape index (κ2) is 14.1. The van der Waals surface area contributed by atoms with Gasteiger partial charge in [0, 0.05) is 12.1 Å². The predicted molar refractivity (Wildman–Crippen MR) is 168 cm³/mol. The highest BCUT2D eigenvalue weighted by Crippen LogP contribution is 2.34. The Labute approximate surface area is 266 Å². The number of hydrogen-bond donors (Lipinski definition) is 1. The van der Waals surface area contributed by atoms with Gasteiger partial charge in [0.05, 0.1) is 17.1 Å². The number of ether oxygens (including phenoxy) is 1. The van der Waals surface area contributed by atoms with Gasteiger partial charge in [-0.2, -0.15) is 4.99 Å². The van der Waals surface area contributed by atoms with Gasteiger partial charge in [0.1, 0.15) is 17.9 Å². The van der Waals surface area contributed by atoms with Crippen molar-refractivity contribution >= 4 is 34.6 Å². The summed E-state index contributed by atoms with van der Waals surface area (Å²) in [6, 6.07) is 16.7. The third kappa shape index (κ3) is 8.30. The SMILES string of the molecule is CC(C)c1cc(F)ccc1N1C(=O)CSC1=NC(=O)NCCCCc1cccc(-c2ncn(-c3ccc(OC(F)(F)F)cc3)n2)c1. The normalized spacial score (nSPS) is 14.4. The third-order valence-electron chi connectivity index (χ3n) is 7.00. The molecule has 1 aromatic heterocycles. The Morgan fingerprint density at radius 1 is 1.09 bits per heavy atom. The number of thioether (sulfide) groups is 1. The number of alkyl halides is 3. The molecule has 5 rings (SSSR count). The van der Waals surface area contributed by atoms with Gasteiger partial charge in [-0.05, 0) is 84.8 Å². The maximum absolute atomic E-state index is 13.9. The van der Waals surface area contributed by atoms with E-state index < -0.39 is 18.2 Å². The summed E-state index contributed by atoms with van der Waals surface area (Å²) in [6.07, 6.45) is -1.08. The lowest BCUT2D eigenvalue weighted by Gasteiger charge is -2.21. The van der Waals surface area contributed by atoms with Crippen molar-refractivity contribution in [1.82, 2.24) is 20.1 Å². The largest absolute Gasteiger partial charge is 0.573 e. The lowest BCUT2D eigenvalue weighted by molar-refractivity contribution is -0.274. The number of nitrogens with zero attached hydrogens (tertiary/aromatic N) is 5. The van der Waals surface area contributed by atoms with Gasteiger partial charge in [-0.25, -0.2) is 18.9 Å². The van der Waals surface area contributed by atoms with Crippen LogP contribution in [-0.4, -0.2) is 50.5 Å². The van der Waals surface area contributed by atoms with Crippen molar-refractivity contribution in [3.8, 4) is 22.8 Å². The van der Waals surface area contributed by atoms with Crippen LogP contribution in [0, 0.1) is 5.82 Å². The fraction of sp³-hybridized carbons (Fsp3) is 0.281. The van der Waals surface area contributed by atoms with Gasteiger partial charge in [-0.1, -0.05) is 43.8 Å². The van der Waals surface area contributed by atoms with Gasteiger partial charge in [-0.3, -0.25) is 9.69 Å². The number of benzene rings is 3. The topological polar surface area (TPSA) is 102 Å². The Morgan fingerprint density at radius 2 is 1.87 bits per heavy atom. The van der Waals surface area contributed by atoms with E-state index in [0.717, 1.165) is 24.0 Å². The highest BCUT2D eigenvalue weighted by molar-refractivity contribution is 8.15. The van der Waals surface area contributed by atoms with Gasteiger partial charge in [0.25, 0.3) is 0 Å². The number of urea groups is 1. The molecule has 0 unspecified atom stereocenters. The zero-order valence-electron chi connectivity index (χ0n) is 24.9. The number of amidine groups is 1. The molecule has 0 aliphatic carbocycles. The summed E-state index contributed by atoms with van der Waals surface area (Å²) in [6.45, 7) is 4.20. The van der Waals surface area contributed by atoms with Crippen LogP contribution in [0.25, 0.3) is 17.1 Å². The van der Waals surface area contributed by atoms with Crippen LogP contribution < -0.4 is 15.0 Å². The molecule has 0 radical (unpaired) electrons. The number of anilines is 1. The second-order valence-corrected chi connectivity index (χ2v) is 11.7. The highest BCUT2D eigenvalue weighted by Gasteiger charge is 2.33. The fourth-order valence-electron chi connectivity index (χ4n) is 4.84. The molecule has 3 aromatic carbocycles. The summed E-state index contributed by atoms with van der Waals surface area (Å²) < 4.78 is 56.5. The number of halogens is 4. The zero-order valence-corrected chi connectivity index (χ0v) is 25.7. The van der Waals surface area contributed by atoms with E-state index in [2.05, 4.69) is 25.1 Å². The molecular formula is C32H30F4N6O3S. The van der Waals surface area contributed by atoms with Crippen LogP contribution in [0.1, 0.15) is 43.7 Å². The van der Waals surface area contributed by atoms with Crippen LogP contribution >= 0.6 is 11.8 Å². The average Bonchev–Trinajstić information content (AvgIpc) is 3.64. The minimum atomic E-state index is -4.76. The van der Waals surface area contributed by atoms with Crippen molar-refractivity contribution in [3.05, 3.63) is 90.0 Å². The van der Waals surface area contributed by atoms with Gasteiger partial charge in [0.15, 0.2) is 11.0 Å². The summed E-state index contributed by atoms with van der Waals surface area (Å²) in [4.78, 5) is 35.1. The molecule has 1 fully saturated rings. The molecule has 4 aromatic rings. The van der Waals surface area contributed by atoms with Crippen molar-refractivity contribution in [2.45, 2.75) is 45.4 Å². The lowest BCUT2D eigenvalue weighted by atomic mass is 10.0. The molecule has 14 heteroatoms. The highest BCUT2D eigenvalue weighted by atomic mass is 32.2. The monoisotopic (exact) mass is 654 g/mol. The van der Waals surface area contributed by atoms with Crippen LogP contribution in [0.5, 0.6) is 5.75 Å². The van der Waals surface area contributed by atoms with Gasteiger partial charge in [-0.15, -0.1) is 18.3 Å². The number of carbonyl (C=O) groups is 2. The molecule has 2 heterocycles. The molecule has 9 nitrogen and oxygen atoms in total. The number of carbonyl (C=O) groups excluding carboxylic acids is 2. The second-order valence-electron chi connectivity index (χ2n) is 10.7. The number of aromatic nitrogens is 3. The average molecular weight is 655 g/mol. The first-order valence-electron chi connectivity index (χ1n) is 14.5. The third-order valence-corrected chi connectivity index (χ3v) is 7.92. The molecule has 0 saturated carbocycles. The van der Waals surface area contributed by atoms with E-state index in [1.165, 1.54) is 70.1 Å². The molecule has 240 valence electrons. The van der Waals surface area contributed by atoms with Crippen LogP contribution in [0.2, 0.25) is 0 Å². The van der Waals surface area contributed by atoms with Crippen molar-refractivity contribution in [2.24, 2.45) is 4.99 Å². The van der Waals surface area contributed by atoms with Crippen molar-refractivity contribution < 1.29 is 31.9 Å². The van der Waals surface area contributed by atoms with Crippen molar-refractivity contribution in [3.63, 3.8) is 0 Å². The van der Waals surface area contributed by atoms with E-state index in [1.54, 1.807) is 0 Å². The molecule has 1 saturated heterocycles. The molecule has 0 atom stereocenters. The minimum Gasteiger partial charge on any atom is -0.406 e. The van der Waals surface area contributed by atoms with Crippen molar-refractivity contribution in [2.75, 3.05) is 17.2 Å². The molecule has 1 N–H and O–H groups in total. The maximum atomic E-state index is 13.9. The van der Waals surface area contributed by atoms with Crippen LogP contribution in [0.4, 0.5) is 28.0 Å². The van der Waals surface area contributed by atoms with E-state index in [9.17, 15) is 27.2 Å². The standard InChI is InChI=1S/C32H30F4N6O3S/c1-20(2)26-17-23(33)9-14-27(26)42-28(43)18-46-31(42)39-30(44)37-15-4-3-6-21-7-5-8-22(16-21)29-38-19-41(40-29)24-10-12-25(13-11-24)45-32(34,35)36/h5,7-14,16-17,19-20H,3-4,6,15,18H2,1-2H3,(H,37,44). The van der Waals surface area contributed by atoms with Crippen molar-refractivity contribution in [1.29, 1.82) is 0 Å². The van der Waals surface area contributed by atoms with Gasteiger partial charge < -0.3 is 10.1 Å². The number of amides is 3. The van der Waals surface area contributed by atoms with E-state index in [0.29, 0.717) is 35.7 Å². The van der Waals surface area contributed by atoms with E-state index in [1.807, 2.05) is 38.1 Å². The van der Waals surface area contributed by atoms with Crippen LogP contribution in [0.15, 0.2) is 78.0 Å². The molecule has 46 heavy (non-hydrogen) atoms. The van der Waals surface area contributed by atoms with Gasteiger partial charge >= 0.3 is 12.4 Å². The Morgan fingerprint density at radius 3 is 2.61 bits per heavy atom. The Balaban J connectivity index is 1.12. The first-order chi connectivity index (χ1) is 22.0. The molecule has 0 bridgehead atoms. The lowest BCUT2D eigenvalue weighted by Crippen LogP contribution is -2.32. The Bertz CT molecular complexity index is 1740. The first-order valence-corrected chi connectivity index (χ1v) is 15.4. The number of aliphatic imine (C=N–C) groups is 1. The number of nitrogens with one attached hydrogen (secondary N) is 1. The maximum Gasteiger partial charge on any atom is 0.573 e. The molecule has 1 aliphatic heterocycles. The minimum absolute atomic E-state index is 0.0374. The predicted octanol–water partition coefficient (Wildman–Crippen LogP) is 7.26. The molecular weight excluding hydrogens is 624 g/mol. The van der Waals surface area contributed by atoms with Gasteiger partial charge in [0.2, 0.25) is 5.91 Å². The molecule has 1 aliphatic rings. The summed E-state index contributed by atoms with van der Waals surface area (Å²) >= 11 is 1.17. The first kappa shape index (κ1) is 32.7. The quantitative estimate of drug-likeness (QED) is 0.143. The van der Waals surface area contributed by atoms with E-state index in [-0.39, 0.29) is 28.5 Å². The summed E-state index contributed by atoms with van der Waals surface area (Å²) in [7, 11) is 0. The number of unbranched alkanes of at least 4 members (excludes halogenated alkanes) is 1. The number of hydrogen-bond acceptors (Lipinski definition) is 6. The summed E-state index contributed by atoms with van der Waals surface area (Å²) in [5.74, 6) is -0.373. The number of rotatable bonds is 10. The smallest absolute Gasteiger partial charge is 0.406 e. The molecule has 3 amide bonds. The summed E-state index contributed by atoms with van der Waals surface area (Å²) in [5.41, 5.74) is 3.54. The zero-order chi connectivity index (χ0) is 32.8. The van der Waals surface area contributed by atoms with Crippen LogP contribution in [-0.2, 0) is 11.2 Å². The summed E-state index contributed by atoms with van der Waals surface area (Å²) in [5, 5.41) is 7.49. The fourth-order valence-corrected chi connectivity index (χ4v) is 5.69. The van der Waals surface area contributed by atoms with E-state index in [4.69, 9.17) is 0 Å². The van der Waals surface area contributed by atoms with E-state index >= 15 is 0 Å². The Kier molecular flexibility index (Phi) is 10.0. The van der Waals surface area contributed by atoms with Crippen LogP contribution in [0.3, 0.4) is 0 Å².